The lowest BCUT2D eigenvalue weighted by atomic mass is 10.2. The molecule has 1 aliphatic heterocycles. The van der Waals surface area contributed by atoms with Crippen molar-refractivity contribution in [3.8, 4) is 5.82 Å². The summed E-state index contributed by atoms with van der Waals surface area (Å²) in [5.74, 6) is 0.381. The molecule has 9 heteroatoms. The van der Waals surface area contributed by atoms with Crippen LogP contribution in [-0.2, 0) is 6.54 Å². The second-order valence-electron chi connectivity index (χ2n) is 7.33. The molecule has 3 aromatic rings. The van der Waals surface area contributed by atoms with Gasteiger partial charge in [-0.1, -0.05) is 6.07 Å². The Bertz CT molecular complexity index is 1020. The third kappa shape index (κ3) is 4.99. The number of aliphatic imine (C=N–C) groups is 1. The van der Waals surface area contributed by atoms with E-state index in [2.05, 4.69) is 25.6 Å². The maximum Gasteiger partial charge on any atom is 0.191 e. The Hall–Kier alpha value is -3.49. The molecule has 3 heterocycles. The number of hydrogen-bond donors (Lipinski definition) is 2. The maximum absolute atomic E-state index is 14.1. The van der Waals surface area contributed by atoms with Crippen molar-refractivity contribution in [2.45, 2.75) is 25.9 Å². The molecule has 2 aromatic heterocycles. The summed E-state index contributed by atoms with van der Waals surface area (Å²) in [6, 6.07) is 7.89. The summed E-state index contributed by atoms with van der Waals surface area (Å²) in [4.78, 5) is 14.8. The normalized spacial score (nSPS) is 16.5. The van der Waals surface area contributed by atoms with Gasteiger partial charge in [-0.05, 0) is 43.2 Å². The first kappa shape index (κ1) is 20.8. The van der Waals surface area contributed by atoms with Crippen LogP contribution in [0.15, 0.2) is 60.2 Å². The molecule has 1 aromatic carbocycles. The quantitative estimate of drug-likeness (QED) is 0.470. The Balaban J connectivity index is 1.42. The van der Waals surface area contributed by atoms with Crippen molar-refractivity contribution in [1.82, 2.24) is 25.2 Å². The molecule has 4 rings (SSSR count). The summed E-state index contributed by atoms with van der Waals surface area (Å²) in [6.45, 7) is 4.26. The summed E-state index contributed by atoms with van der Waals surface area (Å²) >= 11 is 0. The number of imidazole rings is 1. The third-order valence-corrected chi connectivity index (χ3v) is 5.13. The third-order valence-electron chi connectivity index (χ3n) is 5.13. The number of aromatic nitrogens is 3. The smallest absolute Gasteiger partial charge is 0.191 e. The SMILES string of the molecule is CCNC(=NCc1ccnc(-n2ccnc2)c1)NC1CCN(c2c(F)cccc2F)C1. The van der Waals surface area contributed by atoms with Crippen LogP contribution in [-0.4, -0.2) is 46.2 Å². The fourth-order valence-electron chi connectivity index (χ4n) is 3.65. The van der Waals surface area contributed by atoms with Gasteiger partial charge >= 0.3 is 0 Å². The van der Waals surface area contributed by atoms with Crippen molar-refractivity contribution in [2.75, 3.05) is 24.5 Å². The van der Waals surface area contributed by atoms with Gasteiger partial charge in [0.2, 0.25) is 0 Å². The summed E-state index contributed by atoms with van der Waals surface area (Å²) < 4.78 is 30.1. The van der Waals surface area contributed by atoms with Crippen LogP contribution >= 0.6 is 0 Å². The molecular formula is C22H25F2N7. The molecule has 0 aliphatic carbocycles. The van der Waals surface area contributed by atoms with E-state index in [9.17, 15) is 8.78 Å². The summed E-state index contributed by atoms with van der Waals surface area (Å²) in [5, 5.41) is 6.63. The molecule has 1 aliphatic rings. The Morgan fingerprint density at radius 2 is 2.06 bits per heavy atom. The van der Waals surface area contributed by atoms with Crippen molar-refractivity contribution < 1.29 is 8.78 Å². The van der Waals surface area contributed by atoms with E-state index in [1.54, 1.807) is 23.6 Å². The van der Waals surface area contributed by atoms with Crippen molar-refractivity contribution in [3.63, 3.8) is 0 Å². The summed E-state index contributed by atoms with van der Waals surface area (Å²) in [6.07, 6.45) is 7.75. The molecule has 0 saturated carbocycles. The molecule has 1 atom stereocenters. The van der Waals surface area contributed by atoms with E-state index in [0.29, 0.717) is 32.1 Å². The number of anilines is 1. The number of nitrogens with zero attached hydrogens (tertiary/aromatic N) is 5. The van der Waals surface area contributed by atoms with Gasteiger partial charge in [0.15, 0.2) is 5.96 Å². The molecule has 0 amide bonds. The van der Waals surface area contributed by atoms with Gasteiger partial charge in [0.1, 0.15) is 29.5 Å². The number of rotatable bonds is 6. The minimum absolute atomic E-state index is 0.0377. The van der Waals surface area contributed by atoms with Crippen LogP contribution in [0.5, 0.6) is 0 Å². The largest absolute Gasteiger partial charge is 0.365 e. The van der Waals surface area contributed by atoms with Gasteiger partial charge in [0, 0.05) is 44.3 Å². The number of guanidine groups is 1. The van der Waals surface area contributed by atoms with Crippen LogP contribution in [0.3, 0.4) is 0 Å². The molecule has 0 spiro atoms. The second-order valence-corrected chi connectivity index (χ2v) is 7.33. The lowest BCUT2D eigenvalue weighted by Crippen LogP contribution is -2.44. The lowest BCUT2D eigenvalue weighted by Gasteiger charge is -2.21. The Morgan fingerprint density at radius 1 is 1.23 bits per heavy atom. The highest BCUT2D eigenvalue weighted by Crippen LogP contribution is 2.26. The van der Waals surface area contributed by atoms with Crippen molar-refractivity contribution in [2.24, 2.45) is 4.99 Å². The zero-order valence-corrected chi connectivity index (χ0v) is 17.3. The monoisotopic (exact) mass is 425 g/mol. The zero-order valence-electron chi connectivity index (χ0n) is 17.3. The number of para-hydroxylation sites is 1. The average Bonchev–Trinajstić information content (AvgIpc) is 3.45. The van der Waals surface area contributed by atoms with Crippen LogP contribution in [0.25, 0.3) is 5.82 Å². The van der Waals surface area contributed by atoms with Crippen LogP contribution in [0.4, 0.5) is 14.5 Å². The standard InChI is InChI=1S/C22H25F2N7/c1-2-26-22(28-13-16-6-8-27-20(12-16)31-11-9-25-15-31)29-17-7-10-30(14-17)21-18(23)4-3-5-19(21)24/h3-6,8-9,11-12,15,17H,2,7,10,13-14H2,1H3,(H2,26,28,29). The minimum atomic E-state index is -0.535. The van der Waals surface area contributed by atoms with Crippen LogP contribution in [0.2, 0.25) is 0 Å². The predicted octanol–water partition coefficient (Wildman–Crippen LogP) is 2.88. The number of pyridine rings is 1. The van der Waals surface area contributed by atoms with Crippen molar-refractivity contribution >= 4 is 11.6 Å². The molecule has 2 N–H and O–H groups in total. The molecule has 0 radical (unpaired) electrons. The average molecular weight is 425 g/mol. The molecule has 1 saturated heterocycles. The fourth-order valence-corrected chi connectivity index (χ4v) is 3.65. The molecule has 162 valence electrons. The first-order valence-corrected chi connectivity index (χ1v) is 10.3. The minimum Gasteiger partial charge on any atom is -0.365 e. The highest BCUT2D eigenvalue weighted by atomic mass is 19.1. The van der Waals surface area contributed by atoms with Gasteiger partial charge < -0.3 is 15.5 Å². The Labute approximate surface area is 179 Å². The molecule has 7 nitrogen and oxygen atoms in total. The van der Waals surface area contributed by atoms with Crippen LogP contribution in [0, 0.1) is 11.6 Å². The molecule has 31 heavy (non-hydrogen) atoms. The maximum atomic E-state index is 14.1. The molecular weight excluding hydrogens is 400 g/mol. The Kier molecular flexibility index (Phi) is 6.40. The van der Waals surface area contributed by atoms with Gasteiger partial charge in [-0.2, -0.15) is 0 Å². The second kappa shape index (κ2) is 9.55. The molecule has 0 bridgehead atoms. The van der Waals surface area contributed by atoms with Gasteiger partial charge in [0.05, 0.1) is 6.54 Å². The number of nitrogens with one attached hydrogen (secondary N) is 2. The van der Waals surface area contributed by atoms with E-state index in [0.717, 1.165) is 17.8 Å². The van der Waals surface area contributed by atoms with E-state index in [4.69, 9.17) is 0 Å². The highest BCUT2D eigenvalue weighted by Gasteiger charge is 2.27. The van der Waals surface area contributed by atoms with E-state index in [1.165, 1.54) is 18.2 Å². The number of benzene rings is 1. The van der Waals surface area contributed by atoms with E-state index in [1.807, 2.05) is 29.8 Å². The fraction of sp³-hybridized carbons (Fsp3) is 0.318. The summed E-state index contributed by atoms with van der Waals surface area (Å²) in [7, 11) is 0. The predicted molar refractivity (Wildman–Crippen MR) is 116 cm³/mol. The van der Waals surface area contributed by atoms with E-state index in [-0.39, 0.29) is 11.7 Å². The van der Waals surface area contributed by atoms with Crippen molar-refractivity contribution in [1.29, 1.82) is 0 Å². The first-order chi connectivity index (χ1) is 15.1. The van der Waals surface area contributed by atoms with Gasteiger partial charge in [-0.15, -0.1) is 0 Å². The number of hydrogen-bond acceptors (Lipinski definition) is 4. The molecule has 1 fully saturated rings. The topological polar surface area (TPSA) is 70.4 Å². The van der Waals surface area contributed by atoms with E-state index < -0.39 is 11.6 Å². The van der Waals surface area contributed by atoms with Gasteiger partial charge in [-0.25, -0.2) is 23.7 Å². The molecule has 1 unspecified atom stereocenters. The highest BCUT2D eigenvalue weighted by molar-refractivity contribution is 5.80. The van der Waals surface area contributed by atoms with Crippen molar-refractivity contribution in [3.05, 3.63) is 72.4 Å². The van der Waals surface area contributed by atoms with Gasteiger partial charge in [0.25, 0.3) is 0 Å². The first-order valence-electron chi connectivity index (χ1n) is 10.3. The van der Waals surface area contributed by atoms with Gasteiger partial charge in [-0.3, -0.25) is 4.57 Å². The van der Waals surface area contributed by atoms with Crippen LogP contribution < -0.4 is 15.5 Å². The van der Waals surface area contributed by atoms with E-state index >= 15 is 0 Å². The lowest BCUT2D eigenvalue weighted by molar-refractivity contribution is 0.576. The summed E-state index contributed by atoms with van der Waals surface area (Å²) in [5.41, 5.74) is 1.05. The van der Waals surface area contributed by atoms with Crippen LogP contribution in [0.1, 0.15) is 18.9 Å². The zero-order chi connectivity index (χ0) is 21.6. The Morgan fingerprint density at radius 3 is 2.81 bits per heavy atom. The number of halogens is 2.